The molecule has 0 unspecified atom stereocenters. The van der Waals surface area contributed by atoms with E-state index in [1.54, 1.807) is 0 Å². The van der Waals surface area contributed by atoms with Gasteiger partial charge in [0.25, 0.3) is 0 Å². The van der Waals surface area contributed by atoms with E-state index in [1.165, 1.54) is 30.2 Å². The van der Waals surface area contributed by atoms with Crippen molar-refractivity contribution in [1.29, 1.82) is 0 Å². The Kier molecular flexibility index (Phi) is 3.62. The first kappa shape index (κ1) is 11.2. The van der Waals surface area contributed by atoms with Crippen LogP contribution in [0.4, 0.5) is 0 Å². The number of rotatable bonds is 5. The predicted octanol–water partition coefficient (Wildman–Crippen LogP) is 3.32. The van der Waals surface area contributed by atoms with Gasteiger partial charge in [0.2, 0.25) is 0 Å². The SMILES string of the molecule is CCCCCn1ccc2c(CO)cccc21. The van der Waals surface area contributed by atoms with Crippen molar-refractivity contribution in [3.8, 4) is 0 Å². The third-order valence-corrected chi connectivity index (χ3v) is 3.08. The fraction of sp³-hybridized carbons (Fsp3) is 0.429. The number of hydrogen-bond acceptors (Lipinski definition) is 1. The van der Waals surface area contributed by atoms with Crippen molar-refractivity contribution in [3.05, 3.63) is 36.0 Å². The molecule has 0 amide bonds. The number of aryl methyl sites for hydroxylation is 1. The van der Waals surface area contributed by atoms with Crippen LogP contribution in [0.1, 0.15) is 31.7 Å². The van der Waals surface area contributed by atoms with Crippen LogP contribution in [0.15, 0.2) is 30.5 Å². The van der Waals surface area contributed by atoms with Crippen molar-refractivity contribution >= 4 is 10.9 Å². The molecule has 1 aromatic heterocycles. The minimum Gasteiger partial charge on any atom is -0.392 e. The summed E-state index contributed by atoms with van der Waals surface area (Å²) in [4.78, 5) is 0. The van der Waals surface area contributed by atoms with E-state index in [0.29, 0.717) is 0 Å². The zero-order chi connectivity index (χ0) is 11.4. The summed E-state index contributed by atoms with van der Waals surface area (Å²) in [6, 6.07) is 8.23. The van der Waals surface area contributed by atoms with Crippen LogP contribution in [0.25, 0.3) is 10.9 Å². The highest BCUT2D eigenvalue weighted by Gasteiger charge is 2.03. The molecule has 0 bridgehead atoms. The van der Waals surface area contributed by atoms with Gasteiger partial charge in [-0.25, -0.2) is 0 Å². The number of unbranched alkanes of at least 4 members (excludes halogenated alkanes) is 2. The Labute approximate surface area is 96.5 Å². The van der Waals surface area contributed by atoms with Gasteiger partial charge in [0.05, 0.1) is 6.61 Å². The van der Waals surface area contributed by atoms with Gasteiger partial charge >= 0.3 is 0 Å². The van der Waals surface area contributed by atoms with E-state index >= 15 is 0 Å². The van der Waals surface area contributed by atoms with Crippen LogP contribution >= 0.6 is 0 Å². The highest BCUT2D eigenvalue weighted by atomic mass is 16.3. The molecule has 0 aliphatic carbocycles. The second-order valence-electron chi connectivity index (χ2n) is 4.22. The molecular formula is C14H19NO. The van der Waals surface area contributed by atoms with Gasteiger partial charge in [-0.2, -0.15) is 0 Å². The first-order valence-electron chi connectivity index (χ1n) is 6.04. The van der Waals surface area contributed by atoms with E-state index in [0.717, 1.165) is 12.1 Å². The maximum Gasteiger partial charge on any atom is 0.0688 e. The minimum atomic E-state index is 0.121. The molecule has 1 aromatic carbocycles. The van der Waals surface area contributed by atoms with E-state index in [2.05, 4.69) is 29.8 Å². The van der Waals surface area contributed by atoms with Gasteiger partial charge in [0.1, 0.15) is 0 Å². The van der Waals surface area contributed by atoms with E-state index in [4.69, 9.17) is 0 Å². The summed E-state index contributed by atoms with van der Waals surface area (Å²) in [6.07, 6.45) is 5.88. The lowest BCUT2D eigenvalue weighted by atomic mass is 10.1. The van der Waals surface area contributed by atoms with Crippen LogP contribution in [0.2, 0.25) is 0 Å². The van der Waals surface area contributed by atoms with Crippen LogP contribution in [0.3, 0.4) is 0 Å². The summed E-state index contributed by atoms with van der Waals surface area (Å²) in [5.74, 6) is 0. The maximum absolute atomic E-state index is 9.25. The molecule has 0 spiro atoms. The molecule has 0 aliphatic rings. The molecule has 2 nitrogen and oxygen atoms in total. The molecule has 86 valence electrons. The Balaban J connectivity index is 2.27. The first-order valence-corrected chi connectivity index (χ1v) is 6.04. The molecule has 1 N–H and O–H groups in total. The first-order chi connectivity index (χ1) is 7.86. The second-order valence-corrected chi connectivity index (χ2v) is 4.22. The van der Waals surface area contributed by atoms with Crippen molar-refractivity contribution < 1.29 is 5.11 Å². The normalized spacial score (nSPS) is 11.1. The summed E-state index contributed by atoms with van der Waals surface area (Å²) in [7, 11) is 0. The fourth-order valence-corrected chi connectivity index (χ4v) is 2.15. The van der Waals surface area contributed by atoms with Crippen molar-refractivity contribution in [2.75, 3.05) is 0 Å². The van der Waals surface area contributed by atoms with Crippen LogP contribution in [0, 0.1) is 0 Å². The van der Waals surface area contributed by atoms with Crippen molar-refractivity contribution in [3.63, 3.8) is 0 Å². The lowest BCUT2D eigenvalue weighted by Gasteiger charge is -2.05. The zero-order valence-corrected chi connectivity index (χ0v) is 9.82. The van der Waals surface area contributed by atoms with Gasteiger partial charge in [-0.1, -0.05) is 31.9 Å². The Morgan fingerprint density at radius 2 is 2.06 bits per heavy atom. The van der Waals surface area contributed by atoms with Crippen LogP contribution < -0.4 is 0 Å². The molecule has 0 radical (unpaired) electrons. The lowest BCUT2D eigenvalue weighted by molar-refractivity contribution is 0.283. The van der Waals surface area contributed by atoms with E-state index in [9.17, 15) is 5.11 Å². The van der Waals surface area contributed by atoms with Gasteiger partial charge in [-0.3, -0.25) is 0 Å². The van der Waals surface area contributed by atoms with E-state index in [1.807, 2.05) is 12.1 Å². The summed E-state index contributed by atoms with van der Waals surface area (Å²) in [6.45, 7) is 3.42. The number of hydrogen-bond donors (Lipinski definition) is 1. The van der Waals surface area contributed by atoms with Crippen molar-refractivity contribution in [2.24, 2.45) is 0 Å². The smallest absolute Gasteiger partial charge is 0.0688 e. The minimum absolute atomic E-state index is 0.121. The lowest BCUT2D eigenvalue weighted by Crippen LogP contribution is -1.96. The van der Waals surface area contributed by atoms with Gasteiger partial charge in [0, 0.05) is 23.6 Å². The number of aromatic nitrogens is 1. The number of nitrogens with zero attached hydrogens (tertiary/aromatic N) is 1. The summed E-state index contributed by atoms with van der Waals surface area (Å²) in [5.41, 5.74) is 2.26. The Hall–Kier alpha value is -1.28. The summed E-state index contributed by atoms with van der Waals surface area (Å²) < 4.78 is 2.28. The number of benzene rings is 1. The molecule has 0 atom stereocenters. The van der Waals surface area contributed by atoms with Gasteiger partial charge in [-0.15, -0.1) is 0 Å². The molecular weight excluding hydrogens is 198 g/mol. The predicted molar refractivity (Wildman–Crippen MR) is 67.4 cm³/mol. The second kappa shape index (κ2) is 5.17. The van der Waals surface area contributed by atoms with Crippen LogP contribution in [-0.4, -0.2) is 9.67 Å². The summed E-state index contributed by atoms with van der Waals surface area (Å²) >= 11 is 0. The average molecular weight is 217 g/mol. The Morgan fingerprint density at radius 3 is 2.81 bits per heavy atom. The highest BCUT2D eigenvalue weighted by molar-refractivity contribution is 5.83. The zero-order valence-electron chi connectivity index (χ0n) is 9.82. The molecule has 1 heterocycles. The van der Waals surface area contributed by atoms with Gasteiger partial charge in [-0.05, 0) is 24.1 Å². The maximum atomic E-state index is 9.25. The molecule has 0 saturated heterocycles. The Morgan fingerprint density at radius 1 is 1.19 bits per heavy atom. The summed E-state index contributed by atoms with van der Waals surface area (Å²) in [5, 5.41) is 10.4. The standard InChI is InChI=1S/C14H19NO/c1-2-3-4-9-15-10-8-13-12(11-16)6-5-7-14(13)15/h5-8,10,16H,2-4,9,11H2,1H3. The molecule has 0 aliphatic heterocycles. The van der Waals surface area contributed by atoms with Gasteiger partial charge in [0.15, 0.2) is 0 Å². The third kappa shape index (κ3) is 2.12. The Bertz CT molecular complexity index is 459. The van der Waals surface area contributed by atoms with Crippen molar-refractivity contribution in [2.45, 2.75) is 39.3 Å². The molecule has 0 saturated carbocycles. The number of aliphatic hydroxyl groups is 1. The van der Waals surface area contributed by atoms with E-state index < -0.39 is 0 Å². The quantitative estimate of drug-likeness (QED) is 0.764. The van der Waals surface area contributed by atoms with Crippen molar-refractivity contribution in [1.82, 2.24) is 4.57 Å². The topological polar surface area (TPSA) is 25.2 Å². The van der Waals surface area contributed by atoms with E-state index in [-0.39, 0.29) is 6.61 Å². The van der Waals surface area contributed by atoms with Crippen LogP contribution in [-0.2, 0) is 13.2 Å². The molecule has 2 aromatic rings. The average Bonchev–Trinajstić information content (AvgIpc) is 2.73. The monoisotopic (exact) mass is 217 g/mol. The largest absolute Gasteiger partial charge is 0.392 e. The van der Waals surface area contributed by atoms with Gasteiger partial charge < -0.3 is 9.67 Å². The highest BCUT2D eigenvalue weighted by Crippen LogP contribution is 2.20. The molecule has 16 heavy (non-hydrogen) atoms. The number of aliphatic hydroxyl groups excluding tert-OH is 1. The molecule has 2 rings (SSSR count). The number of fused-ring (bicyclic) bond motifs is 1. The fourth-order valence-electron chi connectivity index (χ4n) is 2.15. The van der Waals surface area contributed by atoms with Crippen LogP contribution in [0.5, 0.6) is 0 Å². The third-order valence-electron chi connectivity index (χ3n) is 3.08. The molecule has 2 heteroatoms. The molecule has 0 fully saturated rings.